The number of aryl methyl sites for hydroxylation is 1. The Hall–Kier alpha value is -1.76. The summed E-state index contributed by atoms with van der Waals surface area (Å²) in [4.78, 5) is 14.7. The molecular formula is C18H20BrFN4O. The molecule has 132 valence electrons. The van der Waals surface area contributed by atoms with E-state index in [0.29, 0.717) is 11.0 Å². The lowest BCUT2D eigenvalue weighted by Gasteiger charge is -2.25. The molecule has 2 aliphatic heterocycles. The zero-order valence-corrected chi connectivity index (χ0v) is 15.5. The lowest BCUT2D eigenvalue weighted by molar-refractivity contribution is 0.0722. The van der Waals surface area contributed by atoms with E-state index in [1.54, 1.807) is 17.0 Å². The first kappa shape index (κ1) is 16.7. The van der Waals surface area contributed by atoms with Crippen molar-refractivity contribution >= 4 is 21.8 Å². The Morgan fingerprint density at radius 2 is 2.04 bits per heavy atom. The van der Waals surface area contributed by atoms with E-state index in [4.69, 9.17) is 0 Å². The first-order valence-corrected chi connectivity index (χ1v) is 9.62. The molecule has 4 rings (SSSR count). The lowest BCUT2D eigenvalue weighted by Crippen LogP contribution is -2.32. The lowest BCUT2D eigenvalue weighted by atomic mass is 10.1. The fraction of sp³-hybridized carbons (Fsp3) is 0.500. The highest BCUT2D eigenvalue weighted by Crippen LogP contribution is 2.34. The summed E-state index contributed by atoms with van der Waals surface area (Å²) >= 11 is 3.23. The van der Waals surface area contributed by atoms with Gasteiger partial charge in [-0.05, 0) is 43.9 Å². The molecule has 1 amide bonds. The molecule has 2 aliphatic rings. The Morgan fingerprint density at radius 3 is 2.88 bits per heavy atom. The summed E-state index contributed by atoms with van der Waals surface area (Å²) in [6.45, 7) is 1.53. The van der Waals surface area contributed by atoms with Crippen LogP contribution in [0.15, 0.2) is 22.7 Å². The summed E-state index contributed by atoms with van der Waals surface area (Å²) in [7, 11) is 0. The number of hydrogen-bond donors (Lipinski definition) is 0. The van der Waals surface area contributed by atoms with Gasteiger partial charge in [0.15, 0.2) is 5.82 Å². The second-order valence-electron chi connectivity index (χ2n) is 6.72. The van der Waals surface area contributed by atoms with E-state index in [9.17, 15) is 9.18 Å². The molecule has 2 aromatic rings. The van der Waals surface area contributed by atoms with Gasteiger partial charge in [-0.3, -0.25) is 4.79 Å². The van der Waals surface area contributed by atoms with Crippen molar-refractivity contribution in [1.82, 2.24) is 19.7 Å². The number of halogens is 2. The minimum absolute atomic E-state index is 0.116. The number of hydrogen-bond acceptors (Lipinski definition) is 3. The molecule has 1 saturated heterocycles. The predicted octanol–water partition coefficient (Wildman–Crippen LogP) is 3.88. The maximum atomic E-state index is 14.2. The van der Waals surface area contributed by atoms with Gasteiger partial charge >= 0.3 is 0 Å². The van der Waals surface area contributed by atoms with Crippen LogP contribution < -0.4 is 0 Å². The molecule has 0 bridgehead atoms. The predicted molar refractivity (Wildman–Crippen MR) is 94.7 cm³/mol. The number of carbonyl (C=O) groups is 1. The van der Waals surface area contributed by atoms with Crippen molar-refractivity contribution in [3.05, 3.63) is 45.7 Å². The maximum Gasteiger partial charge on any atom is 0.257 e. The molecule has 25 heavy (non-hydrogen) atoms. The topological polar surface area (TPSA) is 51.0 Å². The standard InChI is InChI=1S/C18H20BrFN4O/c19-12-7-8-13(14(20)11-12)18(25)23-10-4-5-15(23)17-22-21-16-6-2-1-3-9-24(16)17/h7-8,11,15H,1-6,9-10H2/t15-/m0/s1. The highest BCUT2D eigenvalue weighted by molar-refractivity contribution is 9.10. The summed E-state index contributed by atoms with van der Waals surface area (Å²) in [6.07, 6.45) is 6.13. The van der Waals surface area contributed by atoms with Crippen molar-refractivity contribution in [2.75, 3.05) is 6.54 Å². The summed E-state index contributed by atoms with van der Waals surface area (Å²) in [5, 5.41) is 8.75. The second-order valence-corrected chi connectivity index (χ2v) is 7.63. The van der Waals surface area contributed by atoms with E-state index in [0.717, 1.165) is 50.3 Å². The Balaban J connectivity index is 1.65. The summed E-state index contributed by atoms with van der Waals surface area (Å²) in [5.74, 6) is 1.12. The third kappa shape index (κ3) is 3.10. The highest BCUT2D eigenvalue weighted by atomic mass is 79.9. The minimum Gasteiger partial charge on any atom is -0.328 e. The van der Waals surface area contributed by atoms with E-state index in [1.165, 1.54) is 12.5 Å². The van der Waals surface area contributed by atoms with Crippen LogP contribution in [0.1, 0.15) is 60.2 Å². The molecule has 1 atom stereocenters. The molecule has 0 radical (unpaired) electrons. The van der Waals surface area contributed by atoms with E-state index in [2.05, 4.69) is 30.7 Å². The van der Waals surface area contributed by atoms with Crippen LogP contribution in [0.5, 0.6) is 0 Å². The molecule has 0 saturated carbocycles. The molecule has 3 heterocycles. The number of fused-ring (bicyclic) bond motifs is 1. The van der Waals surface area contributed by atoms with Gasteiger partial charge in [-0.15, -0.1) is 10.2 Å². The van der Waals surface area contributed by atoms with Crippen molar-refractivity contribution in [2.24, 2.45) is 0 Å². The normalized spacial score (nSPS) is 20.4. The Labute approximate surface area is 154 Å². The number of amides is 1. The average Bonchev–Trinajstić information content (AvgIpc) is 3.15. The summed E-state index contributed by atoms with van der Waals surface area (Å²) in [5.41, 5.74) is 0.116. The molecule has 5 nitrogen and oxygen atoms in total. The van der Waals surface area contributed by atoms with E-state index >= 15 is 0 Å². The summed E-state index contributed by atoms with van der Waals surface area (Å²) < 4.78 is 17.0. The largest absolute Gasteiger partial charge is 0.328 e. The van der Waals surface area contributed by atoms with Crippen molar-refractivity contribution < 1.29 is 9.18 Å². The quantitative estimate of drug-likeness (QED) is 0.759. The minimum atomic E-state index is -0.495. The molecular weight excluding hydrogens is 387 g/mol. The van der Waals surface area contributed by atoms with Crippen LogP contribution in [0.4, 0.5) is 4.39 Å². The molecule has 0 unspecified atom stereocenters. The van der Waals surface area contributed by atoms with Crippen LogP contribution in [-0.4, -0.2) is 32.1 Å². The van der Waals surface area contributed by atoms with Crippen LogP contribution in [0, 0.1) is 5.82 Å². The molecule has 0 N–H and O–H groups in total. The summed E-state index contributed by atoms with van der Waals surface area (Å²) in [6, 6.07) is 4.46. The first-order valence-electron chi connectivity index (χ1n) is 8.83. The molecule has 1 aromatic carbocycles. The number of rotatable bonds is 2. The van der Waals surface area contributed by atoms with Crippen molar-refractivity contribution in [2.45, 2.75) is 51.1 Å². The average molecular weight is 407 g/mol. The Kier molecular flexibility index (Phi) is 4.58. The number of aromatic nitrogens is 3. The van der Waals surface area contributed by atoms with Gasteiger partial charge in [-0.1, -0.05) is 22.4 Å². The van der Waals surface area contributed by atoms with Gasteiger partial charge in [0, 0.05) is 24.0 Å². The smallest absolute Gasteiger partial charge is 0.257 e. The van der Waals surface area contributed by atoms with Crippen molar-refractivity contribution in [3.8, 4) is 0 Å². The Morgan fingerprint density at radius 1 is 1.16 bits per heavy atom. The number of benzene rings is 1. The van der Waals surface area contributed by atoms with Crippen LogP contribution >= 0.6 is 15.9 Å². The van der Waals surface area contributed by atoms with Gasteiger partial charge in [-0.2, -0.15) is 0 Å². The third-order valence-electron chi connectivity index (χ3n) is 5.11. The van der Waals surface area contributed by atoms with E-state index < -0.39 is 5.82 Å². The SMILES string of the molecule is O=C(c1ccc(Br)cc1F)N1CCC[C@H]1c1nnc2n1CCCCC2. The van der Waals surface area contributed by atoms with Crippen LogP contribution in [-0.2, 0) is 13.0 Å². The second kappa shape index (κ2) is 6.86. The van der Waals surface area contributed by atoms with Gasteiger partial charge in [0.1, 0.15) is 11.6 Å². The first-order chi connectivity index (χ1) is 12.1. The number of likely N-dealkylation sites (tertiary alicyclic amines) is 1. The molecule has 0 aliphatic carbocycles. The van der Waals surface area contributed by atoms with Gasteiger partial charge in [0.05, 0.1) is 11.6 Å². The fourth-order valence-electron chi connectivity index (χ4n) is 3.85. The van der Waals surface area contributed by atoms with Gasteiger partial charge < -0.3 is 9.47 Å². The van der Waals surface area contributed by atoms with Gasteiger partial charge in [0.25, 0.3) is 5.91 Å². The molecule has 7 heteroatoms. The van der Waals surface area contributed by atoms with Crippen molar-refractivity contribution in [1.29, 1.82) is 0 Å². The van der Waals surface area contributed by atoms with Gasteiger partial charge in [-0.25, -0.2) is 4.39 Å². The van der Waals surface area contributed by atoms with Crippen LogP contribution in [0.2, 0.25) is 0 Å². The highest BCUT2D eigenvalue weighted by Gasteiger charge is 2.35. The maximum absolute atomic E-state index is 14.2. The van der Waals surface area contributed by atoms with Crippen LogP contribution in [0.25, 0.3) is 0 Å². The van der Waals surface area contributed by atoms with E-state index in [1.807, 2.05) is 0 Å². The van der Waals surface area contributed by atoms with Crippen LogP contribution in [0.3, 0.4) is 0 Å². The molecule has 0 spiro atoms. The molecule has 1 aromatic heterocycles. The number of nitrogens with zero attached hydrogens (tertiary/aromatic N) is 4. The fourth-order valence-corrected chi connectivity index (χ4v) is 4.18. The molecule has 1 fully saturated rings. The van der Waals surface area contributed by atoms with E-state index in [-0.39, 0.29) is 17.5 Å². The van der Waals surface area contributed by atoms with Gasteiger partial charge in [0.2, 0.25) is 0 Å². The Bertz CT molecular complexity index is 806. The monoisotopic (exact) mass is 406 g/mol. The zero-order valence-electron chi connectivity index (χ0n) is 13.9. The van der Waals surface area contributed by atoms with Crippen molar-refractivity contribution in [3.63, 3.8) is 0 Å². The third-order valence-corrected chi connectivity index (χ3v) is 5.60. The number of carbonyl (C=O) groups excluding carboxylic acids is 1. The zero-order chi connectivity index (χ0) is 17.4.